The maximum atomic E-state index is 10.9. The number of carboxylic acids is 1. The molecule has 0 amide bonds. The summed E-state index contributed by atoms with van der Waals surface area (Å²) in [6.07, 6.45) is 0.119. The van der Waals surface area contributed by atoms with E-state index in [0.717, 1.165) is 0 Å². The first kappa shape index (κ1) is 13.3. The van der Waals surface area contributed by atoms with Gasteiger partial charge in [0.2, 0.25) is 0 Å². The fraction of sp³-hybridized carbons (Fsp3) is 0.417. The van der Waals surface area contributed by atoms with Crippen LogP contribution in [0.4, 0.5) is 0 Å². The SMILES string of the molecule is CC(CC(C)(N)C(=O)O)c1c(O)cccc1O. The quantitative estimate of drug-likeness (QED) is 0.635. The first-order chi connectivity index (χ1) is 7.75. The van der Waals surface area contributed by atoms with E-state index in [-0.39, 0.29) is 23.8 Å². The van der Waals surface area contributed by atoms with Gasteiger partial charge in [-0.15, -0.1) is 0 Å². The summed E-state index contributed by atoms with van der Waals surface area (Å²) in [7, 11) is 0. The molecule has 0 fully saturated rings. The molecule has 2 atom stereocenters. The zero-order valence-electron chi connectivity index (χ0n) is 9.84. The van der Waals surface area contributed by atoms with E-state index in [0.29, 0.717) is 5.56 Å². The molecule has 0 aliphatic heterocycles. The van der Waals surface area contributed by atoms with Gasteiger partial charge in [0.1, 0.15) is 17.0 Å². The lowest BCUT2D eigenvalue weighted by Gasteiger charge is -2.24. The number of aliphatic carboxylic acids is 1. The van der Waals surface area contributed by atoms with Crippen LogP contribution in [-0.4, -0.2) is 26.8 Å². The van der Waals surface area contributed by atoms with Crippen molar-refractivity contribution in [2.45, 2.75) is 31.7 Å². The van der Waals surface area contributed by atoms with Crippen LogP contribution < -0.4 is 5.73 Å². The van der Waals surface area contributed by atoms with Crippen molar-refractivity contribution < 1.29 is 20.1 Å². The molecule has 17 heavy (non-hydrogen) atoms. The molecule has 1 rings (SSSR count). The number of aromatic hydroxyl groups is 2. The van der Waals surface area contributed by atoms with E-state index in [9.17, 15) is 15.0 Å². The van der Waals surface area contributed by atoms with Crippen molar-refractivity contribution in [3.8, 4) is 11.5 Å². The second-order valence-electron chi connectivity index (χ2n) is 4.54. The first-order valence-electron chi connectivity index (χ1n) is 5.29. The number of hydrogen-bond donors (Lipinski definition) is 4. The smallest absolute Gasteiger partial charge is 0.323 e. The van der Waals surface area contributed by atoms with E-state index >= 15 is 0 Å². The molecule has 0 saturated carbocycles. The highest BCUT2D eigenvalue weighted by Gasteiger charge is 2.31. The minimum absolute atomic E-state index is 0.0568. The van der Waals surface area contributed by atoms with Gasteiger partial charge in [0.25, 0.3) is 0 Å². The highest BCUT2D eigenvalue weighted by Crippen LogP contribution is 2.37. The van der Waals surface area contributed by atoms with Crippen molar-refractivity contribution in [2.75, 3.05) is 0 Å². The van der Waals surface area contributed by atoms with Gasteiger partial charge < -0.3 is 21.1 Å². The van der Waals surface area contributed by atoms with Gasteiger partial charge >= 0.3 is 5.97 Å². The molecule has 0 bridgehead atoms. The molecule has 0 aliphatic carbocycles. The van der Waals surface area contributed by atoms with Gasteiger partial charge in [0.15, 0.2) is 0 Å². The summed E-state index contributed by atoms with van der Waals surface area (Å²) < 4.78 is 0. The minimum Gasteiger partial charge on any atom is -0.508 e. The highest BCUT2D eigenvalue weighted by molar-refractivity contribution is 5.78. The molecule has 1 aromatic rings. The zero-order valence-corrected chi connectivity index (χ0v) is 9.84. The Bertz CT molecular complexity index is 408. The predicted molar refractivity (Wildman–Crippen MR) is 63.0 cm³/mol. The van der Waals surface area contributed by atoms with E-state index in [4.69, 9.17) is 10.8 Å². The molecule has 5 nitrogen and oxygen atoms in total. The van der Waals surface area contributed by atoms with Crippen molar-refractivity contribution in [1.29, 1.82) is 0 Å². The maximum Gasteiger partial charge on any atom is 0.323 e. The Balaban J connectivity index is 2.98. The largest absolute Gasteiger partial charge is 0.508 e. The second-order valence-corrected chi connectivity index (χ2v) is 4.54. The van der Waals surface area contributed by atoms with E-state index in [1.54, 1.807) is 6.92 Å². The molecule has 5 heteroatoms. The summed E-state index contributed by atoms with van der Waals surface area (Å²) in [6, 6.07) is 4.40. The molecule has 0 saturated heterocycles. The number of benzene rings is 1. The van der Waals surface area contributed by atoms with Crippen LogP contribution in [0.25, 0.3) is 0 Å². The van der Waals surface area contributed by atoms with E-state index in [2.05, 4.69) is 0 Å². The third kappa shape index (κ3) is 2.88. The molecule has 0 aromatic heterocycles. The lowest BCUT2D eigenvalue weighted by Crippen LogP contribution is -2.45. The predicted octanol–water partition coefficient (Wildman–Crippen LogP) is 1.39. The molecular formula is C12H17NO4. The second kappa shape index (κ2) is 4.63. The summed E-state index contributed by atoms with van der Waals surface area (Å²) >= 11 is 0. The van der Waals surface area contributed by atoms with Gasteiger partial charge in [0.05, 0.1) is 0 Å². The van der Waals surface area contributed by atoms with Crippen LogP contribution in [0.3, 0.4) is 0 Å². The number of rotatable bonds is 4. The van der Waals surface area contributed by atoms with Crippen LogP contribution in [0.1, 0.15) is 31.7 Å². The standard InChI is InChI=1S/C12H17NO4/c1-7(6-12(2,13)11(16)17)10-8(14)4-3-5-9(10)15/h3-5,7,14-15H,6,13H2,1-2H3,(H,16,17). The van der Waals surface area contributed by atoms with Crippen LogP contribution in [-0.2, 0) is 4.79 Å². The highest BCUT2D eigenvalue weighted by atomic mass is 16.4. The molecule has 5 N–H and O–H groups in total. The van der Waals surface area contributed by atoms with Crippen LogP contribution in [0.2, 0.25) is 0 Å². The topological polar surface area (TPSA) is 104 Å². The molecule has 0 heterocycles. The van der Waals surface area contributed by atoms with Gasteiger partial charge in [0, 0.05) is 5.56 Å². The Morgan fingerprint density at radius 2 is 1.88 bits per heavy atom. The van der Waals surface area contributed by atoms with Crippen LogP contribution in [0.5, 0.6) is 11.5 Å². The van der Waals surface area contributed by atoms with Crippen molar-refractivity contribution in [1.82, 2.24) is 0 Å². The third-order valence-corrected chi connectivity index (χ3v) is 2.77. The Morgan fingerprint density at radius 1 is 1.41 bits per heavy atom. The molecule has 0 aliphatic rings. The summed E-state index contributed by atoms with van der Waals surface area (Å²) in [5.74, 6) is -1.58. The molecule has 0 spiro atoms. The minimum atomic E-state index is -1.39. The molecule has 94 valence electrons. The van der Waals surface area contributed by atoms with Crippen LogP contribution in [0, 0.1) is 0 Å². The summed E-state index contributed by atoms with van der Waals surface area (Å²) in [6.45, 7) is 3.12. The Labute approximate surface area is 99.5 Å². The van der Waals surface area contributed by atoms with Gasteiger partial charge in [-0.3, -0.25) is 4.79 Å². The molecule has 2 unspecified atom stereocenters. The fourth-order valence-electron chi connectivity index (χ4n) is 1.87. The van der Waals surface area contributed by atoms with Gasteiger partial charge in [-0.2, -0.15) is 0 Å². The van der Waals surface area contributed by atoms with E-state index < -0.39 is 11.5 Å². The average Bonchev–Trinajstić information content (AvgIpc) is 2.15. The Hall–Kier alpha value is -1.75. The van der Waals surface area contributed by atoms with Crippen LogP contribution in [0.15, 0.2) is 18.2 Å². The van der Waals surface area contributed by atoms with E-state index in [1.807, 2.05) is 0 Å². The van der Waals surface area contributed by atoms with Crippen molar-refractivity contribution >= 4 is 5.97 Å². The molecule has 0 radical (unpaired) electrons. The zero-order chi connectivity index (χ0) is 13.2. The van der Waals surface area contributed by atoms with Crippen LogP contribution >= 0.6 is 0 Å². The monoisotopic (exact) mass is 239 g/mol. The molecular weight excluding hydrogens is 222 g/mol. The first-order valence-corrected chi connectivity index (χ1v) is 5.29. The lowest BCUT2D eigenvalue weighted by atomic mass is 9.86. The Kier molecular flexibility index (Phi) is 3.63. The summed E-state index contributed by atoms with van der Waals surface area (Å²) in [4.78, 5) is 10.9. The molecule has 1 aromatic carbocycles. The summed E-state index contributed by atoms with van der Waals surface area (Å²) in [5, 5.41) is 28.2. The number of carboxylic acid groups (broad SMARTS) is 1. The number of hydrogen-bond acceptors (Lipinski definition) is 4. The average molecular weight is 239 g/mol. The fourth-order valence-corrected chi connectivity index (χ4v) is 1.87. The Morgan fingerprint density at radius 3 is 2.29 bits per heavy atom. The van der Waals surface area contributed by atoms with Gasteiger partial charge in [-0.05, 0) is 31.4 Å². The van der Waals surface area contributed by atoms with Gasteiger partial charge in [-0.25, -0.2) is 0 Å². The number of phenols is 2. The number of nitrogens with two attached hydrogens (primary N) is 1. The normalized spacial score (nSPS) is 16.2. The number of carbonyl (C=O) groups is 1. The number of phenolic OH excluding ortho intramolecular Hbond substituents is 2. The lowest BCUT2D eigenvalue weighted by molar-refractivity contribution is -0.143. The maximum absolute atomic E-state index is 10.9. The van der Waals surface area contributed by atoms with E-state index in [1.165, 1.54) is 25.1 Å². The third-order valence-electron chi connectivity index (χ3n) is 2.77. The van der Waals surface area contributed by atoms with Crippen molar-refractivity contribution in [3.63, 3.8) is 0 Å². The van der Waals surface area contributed by atoms with Gasteiger partial charge in [-0.1, -0.05) is 13.0 Å². The van der Waals surface area contributed by atoms with Crippen molar-refractivity contribution in [2.24, 2.45) is 5.73 Å². The van der Waals surface area contributed by atoms with Crippen molar-refractivity contribution in [3.05, 3.63) is 23.8 Å². The summed E-state index contributed by atoms with van der Waals surface area (Å²) in [5.41, 5.74) is 4.56.